The Labute approximate surface area is 146 Å². The van der Waals surface area contributed by atoms with Crippen molar-refractivity contribution in [2.24, 2.45) is 0 Å². The van der Waals surface area contributed by atoms with Crippen LogP contribution in [0.1, 0.15) is 23.3 Å². The van der Waals surface area contributed by atoms with Crippen molar-refractivity contribution in [1.82, 2.24) is 14.8 Å². The number of nitrogens with zero attached hydrogens (tertiary/aromatic N) is 3. The summed E-state index contributed by atoms with van der Waals surface area (Å²) in [6, 6.07) is 5.10. The summed E-state index contributed by atoms with van der Waals surface area (Å²) >= 11 is 0. The monoisotopic (exact) mass is 367 g/mol. The van der Waals surface area contributed by atoms with Gasteiger partial charge in [0.15, 0.2) is 9.84 Å². The van der Waals surface area contributed by atoms with Crippen LogP contribution in [-0.4, -0.2) is 79.0 Å². The highest BCUT2D eigenvalue weighted by Crippen LogP contribution is 2.39. The van der Waals surface area contributed by atoms with Gasteiger partial charge in [-0.05, 0) is 12.1 Å². The van der Waals surface area contributed by atoms with Crippen LogP contribution in [0.15, 0.2) is 24.4 Å². The van der Waals surface area contributed by atoms with E-state index in [0.717, 1.165) is 0 Å². The number of carbonyl (C=O) groups excluding carboxylic acids is 2. The maximum absolute atomic E-state index is 12.6. The average Bonchev–Trinajstić information content (AvgIpc) is 2.79. The zero-order chi connectivity index (χ0) is 18.1. The summed E-state index contributed by atoms with van der Waals surface area (Å²) in [5, 5.41) is 0. The molecule has 3 rings (SSSR count). The van der Waals surface area contributed by atoms with Gasteiger partial charge in [0, 0.05) is 45.8 Å². The van der Waals surface area contributed by atoms with Crippen LogP contribution in [0.5, 0.6) is 0 Å². The summed E-state index contributed by atoms with van der Waals surface area (Å²) < 4.78 is 30.3. The first-order valence-corrected chi connectivity index (χ1v) is 9.78. The summed E-state index contributed by atoms with van der Waals surface area (Å²) in [7, 11) is -2.08. The first-order valence-electron chi connectivity index (χ1n) is 8.13. The number of sulfone groups is 1. The molecule has 2 saturated heterocycles. The second kappa shape index (κ2) is 6.72. The number of likely N-dealkylation sites (tertiary alicyclic amines) is 1. The van der Waals surface area contributed by atoms with Gasteiger partial charge in [-0.2, -0.15) is 0 Å². The van der Waals surface area contributed by atoms with Crippen molar-refractivity contribution in [2.45, 2.75) is 17.7 Å². The molecule has 3 heterocycles. The van der Waals surface area contributed by atoms with Crippen molar-refractivity contribution in [3.8, 4) is 0 Å². The molecule has 0 atom stereocenters. The zero-order valence-corrected chi connectivity index (χ0v) is 14.9. The van der Waals surface area contributed by atoms with Gasteiger partial charge in [-0.3, -0.25) is 14.6 Å². The van der Waals surface area contributed by atoms with Gasteiger partial charge in [-0.15, -0.1) is 0 Å². The van der Waals surface area contributed by atoms with Crippen LogP contribution in [0, 0.1) is 0 Å². The number of carbonyl (C=O) groups is 2. The average molecular weight is 367 g/mol. The molecule has 0 unspecified atom stereocenters. The Kier molecular flexibility index (Phi) is 4.79. The first-order chi connectivity index (χ1) is 11.9. The Hall–Kier alpha value is -2.00. The van der Waals surface area contributed by atoms with Gasteiger partial charge >= 0.3 is 0 Å². The quantitative estimate of drug-likeness (QED) is 0.738. The molecule has 0 bridgehead atoms. The molecule has 2 amide bonds. The summed E-state index contributed by atoms with van der Waals surface area (Å²) in [6.45, 7) is 1.05. The number of rotatable bonds is 4. The third-order valence-electron chi connectivity index (χ3n) is 4.92. The van der Waals surface area contributed by atoms with Crippen molar-refractivity contribution < 1.29 is 22.7 Å². The van der Waals surface area contributed by atoms with Gasteiger partial charge < -0.3 is 14.5 Å². The smallest absolute Gasteiger partial charge is 0.272 e. The Balaban J connectivity index is 1.78. The van der Waals surface area contributed by atoms with Crippen molar-refractivity contribution in [3.63, 3.8) is 0 Å². The molecule has 2 aliphatic rings. The molecule has 1 aromatic heterocycles. The predicted molar refractivity (Wildman–Crippen MR) is 89.5 cm³/mol. The number of methoxy groups -OCH3 is 1. The number of ether oxygens (including phenoxy) is 1. The van der Waals surface area contributed by atoms with Gasteiger partial charge in [0.1, 0.15) is 16.3 Å². The second-order valence-corrected chi connectivity index (χ2v) is 8.53. The van der Waals surface area contributed by atoms with Gasteiger partial charge in [0.05, 0.1) is 6.61 Å². The fourth-order valence-electron chi connectivity index (χ4n) is 3.57. The fourth-order valence-corrected chi connectivity index (χ4v) is 5.66. The van der Waals surface area contributed by atoms with E-state index in [-0.39, 0.29) is 50.9 Å². The normalized spacial score (nSPS) is 21.7. The lowest BCUT2D eigenvalue weighted by molar-refractivity contribution is -0.131. The lowest BCUT2D eigenvalue weighted by atomic mass is 10.0. The van der Waals surface area contributed by atoms with E-state index in [9.17, 15) is 18.0 Å². The van der Waals surface area contributed by atoms with Gasteiger partial charge in [0.25, 0.3) is 5.91 Å². The summed E-state index contributed by atoms with van der Waals surface area (Å²) in [6.07, 6.45) is 1.97. The molecule has 25 heavy (non-hydrogen) atoms. The minimum Gasteiger partial charge on any atom is -0.383 e. The van der Waals surface area contributed by atoms with Gasteiger partial charge in [-0.25, -0.2) is 8.42 Å². The Bertz CT molecular complexity index is 757. The molecule has 0 N–H and O–H groups in total. The van der Waals surface area contributed by atoms with Crippen molar-refractivity contribution >= 4 is 21.7 Å². The molecule has 136 valence electrons. The first kappa shape index (κ1) is 17.8. The molecule has 0 radical (unpaired) electrons. The van der Waals surface area contributed by atoms with E-state index >= 15 is 0 Å². The minimum absolute atomic E-state index is 0.212. The topological polar surface area (TPSA) is 96.9 Å². The Morgan fingerprint density at radius 1 is 1.32 bits per heavy atom. The van der Waals surface area contributed by atoms with Crippen molar-refractivity contribution in [2.75, 3.05) is 39.1 Å². The van der Waals surface area contributed by atoms with Crippen LogP contribution in [0.4, 0.5) is 0 Å². The molecule has 9 heteroatoms. The van der Waals surface area contributed by atoms with E-state index in [4.69, 9.17) is 4.74 Å². The SMILES string of the molecule is COCCN1C(=O)CS(=O)(=O)C12CCN(C(=O)c1ccccn1)CC2. The van der Waals surface area contributed by atoms with Crippen LogP contribution in [0.2, 0.25) is 0 Å². The molecule has 0 aromatic carbocycles. The van der Waals surface area contributed by atoms with E-state index in [1.165, 1.54) is 12.0 Å². The Morgan fingerprint density at radius 2 is 2.04 bits per heavy atom. The fraction of sp³-hybridized carbons (Fsp3) is 0.562. The third-order valence-corrected chi connectivity index (χ3v) is 7.33. The highest BCUT2D eigenvalue weighted by Gasteiger charge is 2.58. The number of hydrogen-bond donors (Lipinski definition) is 0. The minimum atomic E-state index is -3.58. The van der Waals surface area contributed by atoms with Gasteiger partial charge in [0.2, 0.25) is 5.91 Å². The van der Waals surface area contributed by atoms with E-state index in [1.807, 2.05) is 0 Å². The van der Waals surface area contributed by atoms with E-state index < -0.39 is 20.5 Å². The molecular weight excluding hydrogens is 346 g/mol. The molecule has 1 spiro atoms. The molecule has 2 aliphatic heterocycles. The van der Waals surface area contributed by atoms with Crippen LogP contribution in [-0.2, 0) is 19.4 Å². The van der Waals surface area contributed by atoms with Crippen LogP contribution in [0.3, 0.4) is 0 Å². The Morgan fingerprint density at radius 3 is 2.64 bits per heavy atom. The standard InChI is InChI=1S/C16H21N3O5S/c1-24-11-10-19-14(20)12-25(22,23)16(19)5-8-18(9-6-16)15(21)13-4-2-3-7-17-13/h2-4,7H,5-6,8-12H2,1H3. The van der Waals surface area contributed by atoms with Crippen LogP contribution in [0.25, 0.3) is 0 Å². The number of hydrogen-bond acceptors (Lipinski definition) is 6. The number of piperidine rings is 1. The van der Waals surface area contributed by atoms with E-state index in [0.29, 0.717) is 5.69 Å². The predicted octanol–water partition coefficient (Wildman–Crippen LogP) is -0.0827. The molecule has 8 nitrogen and oxygen atoms in total. The number of amides is 2. The molecule has 1 aromatic rings. The largest absolute Gasteiger partial charge is 0.383 e. The molecule has 0 saturated carbocycles. The highest BCUT2D eigenvalue weighted by atomic mass is 32.2. The lowest BCUT2D eigenvalue weighted by Gasteiger charge is -2.43. The number of pyridine rings is 1. The number of aromatic nitrogens is 1. The van der Waals surface area contributed by atoms with Crippen molar-refractivity contribution in [1.29, 1.82) is 0 Å². The second-order valence-electron chi connectivity index (χ2n) is 6.25. The van der Waals surface area contributed by atoms with E-state index in [2.05, 4.69) is 4.98 Å². The molecule has 0 aliphatic carbocycles. The van der Waals surface area contributed by atoms with Crippen LogP contribution >= 0.6 is 0 Å². The zero-order valence-electron chi connectivity index (χ0n) is 14.1. The highest BCUT2D eigenvalue weighted by molar-refractivity contribution is 7.93. The maximum atomic E-state index is 12.6. The van der Waals surface area contributed by atoms with Crippen molar-refractivity contribution in [3.05, 3.63) is 30.1 Å². The van der Waals surface area contributed by atoms with Crippen LogP contribution < -0.4 is 0 Å². The van der Waals surface area contributed by atoms with E-state index in [1.54, 1.807) is 29.3 Å². The summed E-state index contributed by atoms with van der Waals surface area (Å²) in [5.41, 5.74) is 0.333. The summed E-state index contributed by atoms with van der Waals surface area (Å²) in [5.74, 6) is -1.08. The third kappa shape index (κ3) is 3.02. The molecule has 2 fully saturated rings. The maximum Gasteiger partial charge on any atom is 0.272 e. The molecular formula is C16H21N3O5S. The van der Waals surface area contributed by atoms with Gasteiger partial charge in [-0.1, -0.05) is 6.07 Å². The summed E-state index contributed by atoms with van der Waals surface area (Å²) in [4.78, 5) is 30.6. The lowest BCUT2D eigenvalue weighted by Crippen LogP contribution is -2.57.